The molecule has 1 heterocycles. The van der Waals surface area contributed by atoms with Crippen LogP contribution < -0.4 is 14.8 Å². The molecule has 0 unspecified atom stereocenters. The van der Waals surface area contributed by atoms with Gasteiger partial charge >= 0.3 is 0 Å². The lowest BCUT2D eigenvalue weighted by Gasteiger charge is -2.12. The van der Waals surface area contributed by atoms with Gasteiger partial charge in [-0.3, -0.25) is 4.79 Å². The fraction of sp³-hybridized carbons (Fsp3) is 0.278. The molecule has 1 aliphatic heterocycles. The van der Waals surface area contributed by atoms with E-state index in [0.29, 0.717) is 46.9 Å². The number of halogens is 2. The van der Waals surface area contributed by atoms with Crippen molar-refractivity contribution in [2.75, 3.05) is 19.8 Å². The highest BCUT2D eigenvalue weighted by molar-refractivity contribution is 6.32. The Balaban J connectivity index is 1.63. The molecule has 1 amide bonds. The van der Waals surface area contributed by atoms with Crippen molar-refractivity contribution in [3.8, 4) is 11.5 Å². The second-order valence-electron chi connectivity index (χ2n) is 5.47. The first-order valence-corrected chi connectivity index (χ1v) is 8.51. The number of hydrogen-bond acceptors (Lipinski definition) is 3. The number of carbonyl (C=O) groups excluding carboxylic acids is 1. The van der Waals surface area contributed by atoms with Crippen LogP contribution in [0.2, 0.25) is 10.0 Å². The molecule has 0 fully saturated rings. The lowest BCUT2D eigenvalue weighted by atomic mass is 10.1. The van der Waals surface area contributed by atoms with Crippen LogP contribution in [0.5, 0.6) is 11.5 Å². The molecule has 0 bridgehead atoms. The fourth-order valence-electron chi connectivity index (χ4n) is 2.44. The van der Waals surface area contributed by atoms with Gasteiger partial charge in [0, 0.05) is 23.6 Å². The highest BCUT2D eigenvalue weighted by Gasteiger charge is 2.18. The van der Waals surface area contributed by atoms with Gasteiger partial charge in [-0.05, 0) is 36.2 Å². The number of amides is 1. The van der Waals surface area contributed by atoms with Crippen molar-refractivity contribution in [1.29, 1.82) is 0 Å². The van der Waals surface area contributed by atoms with Crippen LogP contribution in [0.4, 0.5) is 0 Å². The third-order valence-electron chi connectivity index (χ3n) is 3.68. The lowest BCUT2D eigenvalue weighted by molar-refractivity contribution is 0.0953. The van der Waals surface area contributed by atoms with Gasteiger partial charge < -0.3 is 14.8 Å². The van der Waals surface area contributed by atoms with Crippen molar-refractivity contribution in [3.63, 3.8) is 0 Å². The van der Waals surface area contributed by atoms with E-state index in [4.69, 9.17) is 32.7 Å². The second kappa shape index (κ2) is 7.77. The maximum atomic E-state index is 12.3. The maximum absolute atomic E-state index is 12.3. The number of nitrogens with one attached hydrogen (secondary N) is 1. The minimum atomic E-state index is -0.193. The first-order valence-electron chi connectivity index (χ1n) is 7.75. The number of hydrogen-bond donors (Lipinski definition) is 1. The molecule has 4 nitrogen and oxygen atoms in total. The minimum absolute atomic E-state index is 0.193. The van der Waals surface area contributed by atoms with Crippen LogP contribution in [-0.4, -0.2) is 25.7 Å². The molecule has 0 saturated carbocycles. The van der Waals surface area contributed by atoms with Gasteiger partial charge in [0.2, 0.25) is 0 Å². The summed E-state index contributed by atoms with van der Waals surface area (Å²) in [6.45, 7) is 1.62. The second-order valence-corrected chi connectivity index (χ2v) is 6.31. The van der Waals surface area contributed by atoms with E-state index in [0.717, 1.165) is 18.4 Å². The first-order chi connectivity index (χ1) is 11.6. The van der Waals surface area contributed by atoms with E-state index in [1.807, 2.05) is 24.3 Å². The Bertz CT molecular complexity index is 732. The summed E-state index contributed by atoms with van der Waals surface area (Å²) >= 11 is 12.1. The van der Waals surface area contributed by atoms with Crippen LogP contribution in [0.3, 0.4) is 0 Å². The van der Waals surface area contributed by atoms with E-state index in [1.54, 1.807) is 12.1 Å². The smallest absolute Gasteiger partial charge is 0.251 e. The predicted molar refractivity (Wildman–Crippen MR) is 94.5 cm³/mol. The maximum Gasteiger partial charge on any atom is 0.251 e. The van der Waals surface area contributed by atoms with Gasteiger partial charge in [0.1, 0.15) is 0 Å². The van der Waals surface area contributed by atoms with Crippen LogP contribution in [-0.2, 0) is 6.42 Å². The number of carbonyl (C=O) groups is 1. The molecule has 6 heteroatoms. The van der Waals surface area contributed by atoms with E-state index >= 15 is 0 Å². The number of benzene rings is 2. The summed E-state index contributed by atoms with van der Waals surface area (Å²) in [6.07, 6.45) is 1.51. The molecule has 2 aromatic rings. The van der Waals surface area contributed by atoms with Gasteiger partial charge in [-0.15, -0.1) is 0 Å². The van der Waals surface area contributed by atoms with Crippen molar-refractivity contribution in [2.45, 2.75) is 12.8 Å². The fourth-order valence-corrected chi connectivity index (χ4v) is 2.83. The van der Waals surface area contributed by atoms with Gasteiger partial charge in [0.05, 0.1) is 18.2 Å². The molecule has 24 heavy (non-hydrogen) atoms. The van der Waals surface area contributed by atoms with E-state index in [1.165, 1.54) is 0 Å². The Morgan fingerprint density at radius 2 is 1.83 bits per heavy atom. The molecule has 2 aromatic carbocycles. The molecular weight excluding hydrogens is 349 g/mol. The molecule has 1 N–H and O–H groups in total. The monoisotopic (exact) mass is 365 g/mol. The average molecular weight is 366 g/mol. The topological polar surface area (TPSA) is 47.6 Å². The molecule has 1 aliphatic rings. The summed E-state index contributed by atoms with van der Waals surface area (Å²) in [6, 6.07) is 10.8. The summed E-state index contributed by atoms with van der Waals surface area (Å²) < 4.78 is 11.2. The highest BCUT2D eigenvalue weighted by atomic mass is 35.5. The van der Waals surface area contributed by atoms with Crippen LogP contribution in [0.1, 0.15) is 22.3 Å². The quantitative estimate of drug-likeness (QED) is 0.885. The SMILES string of the molecule is O=C(NCCc1ccc(Cl)cc1)c1cc(Cl)c2c(c1)OCCCO2. The number of rotatable bonds is 4. The predicted octanol–water partition coefficient (Wildman–Crippen LogP) is 4.13. The molecule has 3 rings (SSSR count). The van der Waals surface area contributed by atoms with Gasteiger partial charge in [0.15, 0.2) is 11.5 Å². The van der Waals surface area contributed by atoms with Crippen molar-refractivity contribution < 1.29 is 14.3 Å². The van der Waals surface area contributed by atoms with E-state index in [-0.39, 0.29) is 5.91 Å². The van der Waals surface area contributed by atoms with Gasteiger partial charge in [-0.25, -0.2) is 0 Å². The Labute approximate surface area is 150 Å². The Kier molecular flexibility index (Phi) is 5.48. The zero-order chi connectivity index (χ0) is 16.9. The summed E-state index contributed by atoms with van der Waals surface area (Å²) in [5.74, 6) is 0.830. The minimum Gasteiger partial charge on any atom is -0.489 e. The van der Waals surface area contributed by atoms with Crippen LogP contribution >= 0.6 is 23.2 Å². The molecule has 0 aromatic heterocycles. The summed E-state index contributed by atoms with van der Waals surface area (Å²) in [5, 5.41) is 3.97. The Morgan fingerprint density at radius 3 is 2.62 bits per heavy atom. The summed E-state index contributed by atoms with van der Waals surface area (Å²) in [7, 11) is 0. The van der Waals surface area contributed by atoms with Gasteiger partial charge in [-0.2, -0.15) is 0 Å². The number of fused-ring (bicyclic) bond motifs is 1. The largest absolute Gasteiger partial charge is 0.489 e. The van der Waals surface area contributed by atoms with Crippen LogP contribution in [0.15, 0.2) is 36.4 Å². The normalized spacial score (nSPS) is 13.2. The van der Waals surface area contributed by atoms with Crippen molar-refractivity contribution >= 4 is 29.1 Å². The van der Waals surface area contributed by atoms with Crippen molar-refractivity contribution in [2.24, 2.45) is 0 Å². The van der Waals surface area contributed by atoms with Crippen LogP contribution in [0, 0.1) is 0 Å². The molecule has 0 saturated heterocycles. The first kappa shape index (κ1) is 16.9. The van der Waals surface area contributed by atoms with E-state index in [9.17, 15) is 4.79 Å². The molecule has 0 radical (unpaired) electrons. The highest BCUT2D eigenvalue weighted by Crippen LogP contribution is 2.37. The average Bonchev–Trinajstić information content (AvgIpc) is 2.82. The van der Waals surface area contributed by atoms with Gasteiger partial charge in [-0.1, -0.05) is 35.3 Å². The van der Waals surface area contributed by atoms with E-state index < -0.39 is 0 Å². The molecule has 126 valence electrons. The third kappa shape index (κ3) is 4.13. The molecule has 0 atom stereocenters. The summed E-state index contributed by atoms with van der Waals surface area (Å²) in [4.78, 5) is 12.3. The van der Waals surface area contributed by atoms with Crippen LogP contribution in [0.25, 0.3) is 0 Å². The Morgan fingerprint density at radius 1 is 1.08 bits per heavy atom. The van der Waals surface area contributed by atoms with Crippen molar-refractivity contribution in [1.82, 2.24) is 5.32 Å². The molecule has 0 aliphatic carbocycles. The van der Waals surface area contributed by atoms with E-state index in [2.05, 4.69) is 5.32 Å². The molecule has 0 spiro atoms. The lowest BCUT2D eigenvalue weighted by Crippen LogP contribution is -2.25. The Hall–Kier alpha value is -1.91. The van der Waals surface area contributed by atoms with Gasteiger partial charge in [0.25, 0.3) is 5.91 Å². The number of ether oxygens (including phenoxy) is 2. The molecular formula is C18H17Cl2NO3. The zero-order valence-corrected chi connectivity index (χ0v) is 14.5. The summed E-state index contributed by atoms with van der Waals surface area (Å²) in [5.41, 5.74) is 1.57. The van der Waals surface area contributed by atoms with Crippen molar-refractivity contribution in [3.05, 3.63) is 57.6 Å². The standard InChI is InChI=1S/C18H17Cl2NO3/c19-14-4-2-12(3-5-14)6-7-21-18(22)13-10-15(20)17-16(11-13)23-8-1-9-24-17/h2-5,10-11H,1,6-9H2,(H,21,22). The third-order valence-corrected chi connectivity index (χ3v) is 4.21. The zero-order valence-electron chi connectivity index (χ0n) is 13.0.